The number of aryl methyl sites for hydroxylation is 3. The molecule has 0 atom stereocenters. The van der Waals surface area contributed by atoms with Gasteiger partial charge in [0.2, 0.25) is 5.78 Å². The van der Waals surface area contributed by atoms with E-state index in [2.05, 4.69) is 0 Å². The number of benzene rings is 2. The van der Waals surface area contributed by atoms with Gasteiger partial charge in [0, 0.05) is 10.9 Å². The van der Waals surface area contributed by atoms with Crippen molar-refractivity contribution in [3.63, 3.8) is 0 Å². The van der Waals surface area contributed by atoms with Gasteiger partial charge in [-0.05, 0) is 50.1 Å². The molecule has 0 aliphatic heterocycles. The Morgan fingerprint density at radius 3 is 2.35 bits per heavy atom. The van der Waals surface area contributed by atoms with E-state index in [1.54, 1.807) is 0 Å². The second-order valence-electron chi connectivity index (χ2n) is 5.25. The smallest absolute Gasteiger partial charge is 0.228 e. The Balaban J connectivity index is 2.13. The van der Waals surface area contributed by atoms with Gasteiger partial charge in [-0.15, -0.1) is 0 Å². The zero-order valence-electron chi connectivity index (χ0n) is 11.9. The van der Waals surface area contributed by atoms with Crippen LogP contribution in [-0.4, -0.2) is 5.78 Å². The zero-order valence-corrected chi connectivity index (χ0v) is 11.9. The first-order valence-corrected chi connectivity index (χ1v) is 6.67. The number of carbonyl (C=O) groups is 1. The van der Waals surface area contributed by atoms with Crippen molar-refractivity contribution >= 4 is 16.8 Å². The van der Waals surface area contributed by atoms with Crippen molar-refractivity contribution in [2.45, 2.75) is 20.8 Å². The first-order valence-electron chi connectivity index (χ1n) is 6.67. The van der Waals surface area contributed by atoms with Gasteiger partial charge in [0.1, 0.15) is 5.58 Å². The summed E-state index contributed by atoms with van der Waals surface area (Å²) in [5.74, 6) is 0.359. The van der Waals surface area contributed by atoms with Gasteiger partial charge in [-0.3, -0.25) is 4.79 Å². The molecule has 3 rings (SSSR count). The van der Waals surface area contributed by atoms with Crippen molar-refractivity contribution in [3.8, 4) is 0 Å². The van der Waals surface area contributed by atoms with E-state index in [9.17, 15) is 4.79 Å². The second-order valence-corrected chi connectivity index (χ2v) is 5.25. The zero-order chi connectivity index (χ0) is 14.3. The Kier molecular flexibility index (Phi) is 2.94. The Labute approximate surface area is 118 Å². The van der Waals surface area contributed by atoms with Gasteiger partial charge in [0.15, 0.2) is 5.76 Å². The van der Waals surface area contributed by atoms with Gasteiger partial charge in [0.05, 0.1) is 0 Å². The SMILES string of the molecule is Cc1ccc2oc(C(=O)c3c(C)cccc3C)cc2c1. The average Bonchev–Trinajstić information content (AvgIpc) is 2.81. The van der Waals surface area contributed by atoms with Crippen molar-refractivity contribution < 1.29 is 9.21 Å². The van der Waals surface area contributed by atoms with Crippen LogP contribution in [0.4, 0.5) is 0 Å². The predicted molar refractivity (Wildman–Crippen MR) is 80.3 cm³/mol. The molecule has 1 heterocycles. The van der Waals surface area contributed by atoms with Crippen LogP contribution in [0, 0.1) is 20.8 Å². The van der Waals surface area contributed by atoms with Crippen LogP contribution in [-0.2, 0) is 0 Å². The molecule has 1 aromatic heterocycles. The molecule has 2 heteroatoms. The lowest BCUT2D eigenvalue weighted by Crippen LogP contribution is -2.04. The molecule has 0 saturated heterocycles. The summed E-state index contributed by atoms with van der Waals surface area (Å²) in [4.78, 5) is 12.6. The summed E-state index contributed by atoms with van der Waals surface area (Å²) in [7, 11) is 0. The van der Waals surface area contributed by atoms with Crippen LogP contribution in [0.3, 0.4) is 0 Å². The largest absolute Gasteiger partial charge is 0.453 e. The third-order valence-corrected chi connectivity index (χ3v) is 3.60. The van der Waals surface area contributed by atoms with Crippen LogP contribution in [0.25, 0.3) is 11.0 Å². The van der Waals surface area contributed by atoms with E-state index in [4.69, 9.17) is 4.42 Å². The van der Waals surface area contributed by atoms with E-state index in [1.165, 1.54) is 0 Å². The maximum absolute atomic E-state index is 12.6. The molecule has 20 heavy (non-hydrogen) atoms. The van der Waals surface area contributed by atoms with Crippen LogP contribution in [0.15, 0.2) is 46.9 Å². The van der Waals surface area contributed by atoms with E-state index in [-0.39, 0.29) is 5.78 Å². The fraction of sp³-hybridized carbons (Fsp3) is 0.167. The number of rotatable bonds is 2. The monoisotopic (exact) mass is 264 g/mol. The Bertz CT molecular complexity index is 789. The van der Waals surface area contributed by atoms with Gasteiger partial charge in [-0.25, -0.2) is 0 Å². The minimum atomic E-state index is -0.0468. The lowest BCUT2D eigenvalue weighted by molar-refractivity contribution is 0.101. The van der Waals surface area contributed by atoms with Crippen molar-refractivity contribution in [1.29, 1.82) is 0 Å². The van der Waals surface area contributed by atoms with Gasteiger partial charge in [-0.1, -0.05) is 29.8 Å². The molecule has 2 nitrogen and oxygen atoms in total. The molecule has 0 bridgehead atoms. The normalized spacial score (nSPS) is 10.9. The molecular formula is C18H16O2. The lowest BCUT2D eigenvalue weighted by atomic mass is 9.98. The van der Waals surface area contributed by atoms with Crippen LogP contribution >= 0.6 is 0 Å². The van der Waals surface area contributed by atoms with E-state index >= 15 is 0 Å². The minimum absolute atomic E-state index is 0.0468. The van der Waals surface area contributed by atoms with Gasteiger partial charge < -0.3 is 4.42 Å². The minimum Gasteiger partial charge on any atom is -0.453 e. The topological polar surface area (TPSA) is 30.2 Å². The summed E-state index contributed by atoms with van der Waals surface area (Å²) >= 11 is 0. The van der Waals surface area contributed by atoms with E-state index in [0.29, 0.717) is 5.76 Å². The van der Waals surface area contributed by atoms with Gasteiger partial charge in [-0.2, -0.15) is 0 Å². The van der Waals surface area contributed by atoms with Crippen LogP contribution in [0.5, 0.6) is 0 Å². The number of ketones is 1. The summed E-state index contributed by atoms with van der Waals surface area (Å²) in [6.45, 7) is 5.93. The summed E-state index contributed by atoms with van der Waals surface area (Å²) in [5.41, 5.74) is 4.61. The fourth-order valence-electron chi connectivity index (χ4n) is 2.57. The molecule has 0 amide bonds. The molecule has 0 fully saturated rings. The molecule has 0 aliphatic rings. The highest BCUT2D eigenvalue weighted by Gasteiger charge is 2.18. The molecule has 100 valence electrons. The highest BCUT2D eigenvalue weighted by atomic mass is 16.3. The molecule has 0 aliphatic carbocycles. The van der Waals surface area contributed by atoms with Crippen LogP contribution < -0.4 is 0 Å². The molecule has 0 radical (unpaired) electrons. The molecule has 0 N–H and O–H groups in total. The first-order chi connectivity index (χ1) is 9.56. The quantitative estimate of drug-likeness (QED) is 0.634. The molecular weight excluding hydrogens is 248 g/mol. The lowest BCUT2D eigenvalue weighted by Gasteiger charge is -2.06. The molecule has 0 spiro atoms. The number of hydrogen-bond acceptors (Lipinski definition) is 2. The third kappa shape index (κ3) is 2.03. The van der Waals surface area contributed by atoms with E-state index < -0.39 is 0 Å². The Morgan fingerprint density at radius 1 is 0.950 bits per heavy atom. The average molecular weight is 264 g/mol. The van der Waals surface area contributed by atoms with Crippen molar-refractivity contribution in [3.05, 3.63) is 70.5 Å². The number of furan rings is 1. The van der Waals surface area contributed by atoms with Crippen molar-refractivity contribution in [2.75, 3.05) is 0 Å². The molecule has 3 aromatic rings. The van der Waals surface area contributed by atoms with Gasteiger partial charge >= 0.3 is 0 Å². The fourth-order valence-corrected chi connectivity index (χ4v) is 2.57. The van der Waals surface area contributed by atoms with Crippen molar-refractivity contribution in [2.24, 2.45) is 0 Å². The third-order valence-electron chi connectivity index (χ3n) is 3.60. The second kappa shape index (κ2) is 4.64. The number of fused-ring (bicyclic) bond motifs is 1. The Morgan fingerprint density at radius 2 is 1.65 bits per heavy atom. The highest BCUT2D eigenvalue weighted by molar-refractivity contribution is 6.10. The maximum Gasteiger partial charge on any atom is 0.228 e. The molecule has 2 aromatic carbocycles. The summed E-state index contributed by atoms with van der Waals surface area (Å²) in [6.07, 6.45) is 0. The summed E-state index contributed by atoms with van der Waals surface area (Å²) in [5, 5.41) is 0.972. The highest BCUT2D eigenvalue weighted by Crippen LogP contribution is 2.24. The molecule has 0 unspecified atom stereocenters. The maximum atomic E-state index is 12.6. The number of carbonyl (C=O) groups excluding carboxylic acids is 1. The Hall–Kier alpha value is -2.35. The van der Waals surface area contributed by atoms with Crippen LogP contribution in [0.1, 0.15) is 32.8 Å². The summed E-state index contributed by atoms with van der Waals surface area (Å²) < 4.78 is 5.70. The van der Waals surface area contributed by atoms with Gasteiger partial charge in [0.25, 0.3) is 0 Å². The predicted octanol–water partition coefficient (Wildman–Crippen LogP) is 4.59. The number of hydrogen-bond donors (Lipinski definition) is 0. The molecule has 0 saturated carbocycles. The van der Waals surface area contributed by atoms with E-state index in [0.717, 1.165) is 33.2 Å². The van der Waals surface area contributed by atoms with E-state index in [1.807, 2.05) is 63.2 Å². The van der Waals surface area contributed by atoms with Crippen LogP contribution in [0.2, 0.25) is 0 Å². The standard InChI is InChI=1S/C18H16O2/c1-11-7-8-15-14(9-11)10-16(20-15)18(19)17-12(2)5-4-6-13(17)3/h4-10H,1-3H3. The summed E-state index contributed by atoms with van der Waals surface area (Å²) in [6, 6.07) is 13.6. The first kappa shape index (κ1) is 12.7. The van der Waals surface area contributed by atoms with Crippen molar-refractivity contribution in [1.82, 2.24) is 0 Å².